The number of carbonyl (C=O) groups is 2. The van der Waals surface area contributed by atoms with Gasteiger partial charge in [0, 0.05) is 37.2 Å². The quantitative estimate of drug-likeness (QED) is 0.743. The summed E-state index contributed by atoms with van der Waals surface area (Å²) in [7, 11) is 0. The molecule has 1 aliphatic heterocycles. The number of nitrogens with zero attached hydrogens (tertiary/aromatic N) is 2. The van der Waals surface area contributed by atoms with Crippen LogP contribution >= 0.6 is 0 Å². The van der Waals surface area contributed by atoms with E-state index in [1.165, 1.54) is 0 Å². The molecule has 2 amide bonds. The summed E-state index contributed by atoms with van der Waals surface area (Å²) in [4.78, 5) is 33.6. The molecule has 1 saturated heterocycles. The van der Waals surface area contributed by atoms with Gasteiger partial charge < -0.3 is 15.2 Å². The van der Waals surface area contributed by atoms with Crippen molar-refractivity contribution in [1.82, 2.24) is 9.97 Å². The summed E-state index contributed by atoms with van der Waals surface area (Å²) in [5.74, 6) is 0.867. The van der Waals surface area contributed by atoms with E-state index in [4.69, 9.17) is 0 Å². The molecule has 3 aromatic rings. The van der Waals surface area contributed by atoms with E-state index in [0.29, 0.717) is 24.9 Å². The van der Waals surface area contributed by atoms with E-state index >= 15 is 0 Å². The molecule has 0 unspecified atom stereocenters. The van der Waals surface area contributed by atoms with Crippen molar-refractivity contribution in [3.63, 3.8) is 0 Å². The molecule has 1 fully saturated rings. The molecule has 0 atom stereocenters. The second-order valence-corrected chi connectivity index (χ2v) is 6.45. The second kappa shape index (κ2) is 7.00. The highest BCUT2D eigenvalue weighted by molar-refractivity contribution is 5.97. The molecule has 1 aromatic heterocycles. The average Bonchev–Trinajstić information content (AvgIpc) is 3.25. The van der Waals surface area contributed by atoms with Gasteiger partial charge in [0.25, 0.3) is 0 Å². The zero-order valence-corrected chi connectivity index (χ0v) is 14.4. The highest BCUT2D eigenvalue weighted by atomic mass is 16.2. The van der Waals surface area contributed by atoms with Gasteiger partial charge in [0.15, 0.2) is 0 Å². The molecule has 0 aliphatic carbocycles. The van der Waals surface area contributed by atoms with Crippen molar-refractivity contribution in [2.24, 2.45) is 0 Å². The van der Waals surface area contributed by atoms with Crippen LogP contribution in [0.2, 0.25) is 0 Å². The molecule has 1 aliphatic rings. The fourth-order valence-corrected chi connectivity index (χ4v) is 3.25. The molecular weight excluding hydrogens is 328 g/mol. The van der Waals surface area contributed by atoms with Crippen LogP contribution in [0.25, 0.3) is 11.0 Å². The third-order valence-corrected chi connectivity index (χ3v) is 4.54. The number of aryl methyl sites for hydroxylation is 1. The van der Waals surface area contributed by atoms with E-state index in [0.717, 1.165) is 35.5 Å². The number of hydrogen-bond donors (Lipinski definition) is 2. The number of aromatic nitrogens is 2. The van der Waals surface area contributed by atoms with Crippen LogP contribution in [0, 0.1) is 0 Å². The van der Waals surface area contributed by atoms with Gasteiger partial charge in [-0.05, 0) is 36.8 Å². The lowest BCUT2D eigenvalue weighted by molar-refractivity contribution is -0.117. The van der Waals surface area contributed by atoms with Crippen LogP contribution in [0.15, 0.2) is 48.5 Å². The summed E-state index contributed by atoms with van der Waals surface area (Å²) in [6.45, 7) is 0.738. The van der Waals surface area contributed by atoms with E-state index in [1.54, 1.807) is 4.90 Å². The van der Waals surface area contributed by atoms with Crippen molar-refractivity contribution in [3.8, 4) is 0 Å². The first kappa shape index (κ1) is 16.3. The zero-order valence-electron chi connectivity index (χ0n) is 14.4. The van der Waals surface area contributed by atoms with Gasteiger partial charge in [-0.1, -0.05) is 18.2 Å². The molecule has 2 heterocycles. The Morgan fingerprint density at radius 2 is 2.08 bits per heavy atom. The molecule has 132 valence electrons. The topological polar surface area (TPSA) is 78.1 Å². The minimum absolute atomic E-state index is 0.0737. The molecule has 26 heavy (non-hydrogen) atoms. The molecule has 0 spiro atoms. The van der Waals surface area contributed by atoms with Crippen molar-refractivity contribution in [1.29, 1.82) is 0 Å². The Morgan fingerprint density at radius 3 is 2.88 bits per heavy atom. The minimum atomic E-state index is -0.0737. The number of amides is 2. The SMILES string of the molecule is O=C(CCc1nc2ccccc2[nH]1)Nc1cccc(N2CCCC2=O)c1. The normalized spacial score (nSPS) is 14.2. The number of H-pyrrole nitrogens is 1. The largest absolute Gasteiger partial charge is 0.342 e. The van der Waals surface area contributed by atoms with Crippen LogP contribution in [-0.4, -0.2) is 28.3 Å². The van der Waals surface area contributed by atoms with Gasteiger partial charge in [-0.15, -0.1) is 0 Å². The predicted molar refractivity (Wildman–Crippen MR) is 101 cm³/mol. The summed E-state index contributed by atoms with van der Waals surface area (Å²) >= 11 is 0. The molecule has 6 nitrogen and oxygen atoms in total. The van der Waals surface area contributed by atoms with Gasteiger partial charge in [0.1, 0.15) is 5.82 Å². The molecule has 0 saturated carbocycles. The predicted octanol–water partition coefficient (Wildman–Crippen LogP) is 3.26. The first-order chi connectivity index (χ1) is 12.7. The fraction of sp³-hybridized carbons (Fsp3) is 0.250. The Kier molecular flexibility index (Phi) is 4.39. The van der Waals surface area contributed by atoms with Gasteiger partial charge in [0.2, 0.25) is 11.8 Å². The second-order valence-electron chi connectivity index (χ2n) is 6.45. The van der Waals surface area contributed by atoms with Crippen molar-refractivity contribution < 1.29 is 9.59 Å². The molecule has 0 radical (unpaired) electrons. The fourth-order valence-electron chi connectivity index (χ4n) is 3.25. The third-order valence-electron chi connectivity index (χ3n) is 4.54. The molecular formula is C20H20N4O2. The monoisotopic (exact) mass is 348 g/mol. The van der Waals surface area contributed by atoms with Crippen LogP contribution in [-0.2, 0) is 16.0 Å². The number of rotatable bonds is 5. The minimum Gasteiger partial charge on any atom is -0.342 e. The summed E-state index contributed by atoms with van der Waals surface area (Å²) in [5, 5.41) is 2.91. The molecule has 0 bridgehead atoms. The summed E-state index contributed by atoms with van der Waals surface area (Å²) in [6.07, 6.45) is 2.36. The Labute approximate surface area is 151 Å². The van der Waals surface area contributed by atoms with Crippen LogP contribution < -0.4 is 10.2 Å². The summed E-state index contributed by atoms with van der Waals surface area (Å²) < 4.78 is 0. The Morgan fingerprint density at radius 1 is 1.19 bits per heavy atom. The Balaban J connectivity index is 1.38. The third kappa shape index (κ3) is 3.44. The number of para-hydroxylation sites is 2. The first-order valence-electron chi connectivity index (χ1n) is 8.83. The summed E-state index contributed by atoms with van der Waals surface area (Å²) in [5.41, 5.74) is 3.43. The van der Waals surface area contributed by atoms with Crippen LogP contribution in [0.1, 0.15) is 25.1 Å². The lowest BCUT2D eigenvalue weighted by Gasteiger charge is -2.16. The van der Waals surface area contributed by atoms with Gasteiger partial charge in [-0.25, -0.2) is 4.98 Å². The Bertz CT molecular complexity index is 930. The van der Waals surface area contributed by atoms with Crippen molar-refractivity contribution in [2.45, 2.75) is 25.7 Å². The number of imidazole rings is 1. The lowest BCUT2D eigenvalue weighted by Crippen LogP contribution is -2.23. The maximum absolute atomic E-state index is 12.3. The average molecular weight is 348 g/mol. The van der Waals surface area contributed by atoms with E-state index in [2.05, 4.69) is 15.3 Å². The molecule has 6 heteroatoms. The highest BCUT2D eigenvalue weighted by Crippen LogP contribution is 2.24. The smallest absolute Gasteiger partial charge is 0.227 e. The van der Waals surface area contributed by atoms with E-state index in [-0.39, 0.29) is 11.8 Å². The highest BCUT2D eigenvalue weighted by Gasteiger charge is 2.21. The van der Waals surface area contributed by atoms with Crippen LogP contribution in [0.4, 0.5) is 11.4 Å². The number of nitrogens with one attached hydrogen (secondary N) is 2. The standard InChI is InChI=1S/C20H20N4O2/c25-19(11-10-18-22-16-7-1-2-8-17(16)23-18)21-14-5-3-6-15(13-14)24-12-4-9-20(24)26/h1-3,5-8,13H,4,9-12H2,(H,21,25)(H,22,23). The number of fused-ring (bicyclic) bond motifs is 1. The number of hydrogen-bond acceptors (Lipinski definition) is 3. The van der Waals surface area contributed by atoms with Crippen LogP contribution in [0.5, 0.6) is 0 Å². The van der Waals surface area contributed by atoms with E-state index in [9.17, 15) is 9.59 Å². The van der Waals surface area contributed by atoms with Crippen molar-refractivity contribution in [2.75, 3.05) is 16.8 Å². The van der Waals surface area contributed by atoms with Crippen molar-refractivity contribution >= 4 is 34.2 Å². The van der Waals surface area contributed by atoms with Gasteiger partial charge in [-0.2, -0.15) is 0 Å². The van der Waals surface area contributed by atoms with Crippen molar-refractivity contribution in [3.05, 3.63) is 54.4 Å². The number of carbonyl (C=O) groups excluding carboxylic acids is 2. The summed E-state index contributed by atoms with van der Waals surface area (Å²) in [6, 6.07) is 15.2. The number of anilines is 2. The molecule has 2 aromatic carbocycles. The molecule has 2 N–H and O–H groups in total. The van der Waals surface area contributed by atoms with Gasteiger partial charge >= 0.3 is 0 Å². The maximum atomic E-state index is 12.3. The molecule has 4 rings (SSSR count). The zero-order chi connectivity index (χ0) is 17.9. The number of aromatic amines is 1. The van der Waals surface area contributed by atoms with E-state index < -0.39 is 0 Å². The van der Waals surface area contributed by atoms with E-state index in [1.807, 2.05) is 48.5 Å². The number of benzene rings is 2. The first-order valence-corrected chi connectivity index (χ1v) is 8.83. The maximum Gasteiger partial charge on any atom is 0.227 e. The van der Waals surface area contributed by atoms with Gasteiger partial charge in [-0.3, -0.25) is 9.59 Å². The lowest BCUT2D eigenvalue weighted by atomic mass is 10.2. The Hall–Kier alpha value is -3.15. The van der Waals surface area contributed by atoms with Crippen LogP contribution in [0.3, 0.4) is 0 Å². The van der Waals surface area contributed by atoms with Gasteiger partial charge in [0.05, 0.1) is 11.0 Å².